The maximum Gasteiger partial charge on any atom is 0.140 e. The molecule has 0 aliphatic carbocycles. The fraction of sp³-hybridized carbons (Fsp3) is 0.235. The van der Waals surface area contributed by atoms with E-state index in [-0.39, 0.29) is 0 Å². The number of hydrogen-bond donors (Lipinski definition) is 1. The van der Waals surface area contributed by atoms with Gasteiger partial charge in [0.2, 0.25) is 0 Å². The number of nitrogens with two attached hydrogens (primary N) is 1. The van der Waals surface area contributed by atoms with Crippen LogP contribution in [0.15, 0.2) is 41.8 Å². The van der Waals surface area contributed by atoms with Crippen molar-refractivity contribution in [1.82, 2.24) is 4.98 Å². The van der Waals surface area contributed by atoms with Gasteiger partial charge in [-0.05, 0) is 36.7 Å². The first-order valence-corrected chi connectivity index (χ1v) is 7.90. The van der Waals surface area contributed by atoms with Crippen molar-refractivity contribution >= 4 is 22.1 Å². The summed E-state index contributed by atoms with van der Waals surface area (Å²) in [4.78, 5) is 4.43. The van der Waals surface area contributed by atoms with Crippen molar-refractivity contribution < 1.29 is 4.74 Å². The van der Waals surface area contributed by atoms with E-state index in [1.54, 1.807) is 11.3 Å². The predicted molar refractivity (Wildman–Crippen MR) is 87.9 cm³/mol. The van der Waals surface area contributed by atoms with Gasteiger partial charge in [0, 0.05) is 16.6 Å². The van der Waals surface area contributed by atoms with Gasteiger partial charge < -0.3 is 10.5 Å². The third kappa shape index (κ3) is 3.06. The average molecular weight is 298 g/mol. The van der Waals surface area contributed by atoms with Crippen molar-refractivity contribution in [2.45, 2.75) is 20.0 Å². The summed E-state index contributed by atoms with van der Waals surface area (Å²) in [5.41, 5.74) is 7.99. The number of ether oxygens (including phenoxy) is 1. The zero-order valence-electron chi connectivity index (χ0n) is 12.0. The van der Waals surface area contributed by atoms with E-state index < -0.39 is 0 Å². The monoisotopic (exact) mass is 298 g/mol. The van der Waals surface area contributed by atoms with E-state index in [2.05, 4.69) is 29.2 Å². The predicted octanol–water partition coefficient (Wildman–Crippen LogP) is 3.68. The highest BCUT2D eigenvalue weighted by Gasteiger charge is 2.09. The number of benzene rings is 2. The molecule has 0 saturated heterocycles. The van der Waals surface area contributed by atoms with E-state index in [1.807, 2.05) is 24.4 Å². The van der Waals surface area contributed by atoms with Crippen LogP contribution >= 0.6 is 11.3 Å². The fourth-order valence-corrected chi connectivity index (χ4v) is 3.14. The minimum atomic E-state index is 0.508. The summed E-state index contributed by atoms with van der Waals surface area (Å²) in [6.45, 7) is 3.12. The molecule has 108 valence electrons. The first kappa shape index (κ1) is 14.0. The van der Waals surface area contributed by atoms with Gasteiger partial charge in [0.25, 0.3) is 0 Å². The molecule has 0 fully saturated rings. The van der Waals surface area contributed by atoms with Crippen molar-refractivity contribution in [3.05, 3.63) is 58.0 Å². The number of nitrogens with zero attached hydrogens (tertiary/aromatic N) is 1. The van der Waals surface area contributed by atoms with Crippen LogP contribution in [-0.2, 0) is 13.0 Å². The molecule has 2 aromatic carbocycles. The molecule has 0 saturated carbocycles. The van der Waals surface area contributed by atoms with Crippen molar-refractivity contribution in [2.24, 2.45) is 5.73 Å². The Bertz CT molecular complexity index is 751. The van der Waals surface area contributed by atoms with Crippen molar-refractivity contribution in [3.8, 4) is 5.75 Å². The molecule has 0 aliphatic heterocycles. The van der Waals surface area contributed by atoms with Gasteiger partial charge >= 0.3 is 0 Å². The van der Waals surface area contributed by atoms with E-state index in [0.717, 1.165) is 22.9 Å². The summed E-state index contributed by atoms with van der Waals surface area (Å²) in [5.74, 6) is 0.909. The molecule has 0 unspecified atom stereocenters. The zero-order chi connectivity index (χ0) is 14.7. The maximum absolute atomic E-state index is 5.99. The molecule has 1 heterocycles. The average Bonchev–Trinajstić information content (AvgIpc) is 2.92. The second-order valence-electron chi connectivity index (χ2n) is 4.97. The van der Waals surface area contributed by atoms with Crippen LogP contribution in [0.25, 0.3) is 10.8 Å². The summed E-state index contributed by atoms with van der Waals surface area (Å²) >= 11 is 1.63. The summed E-state index contributed by atoms with van der Waals surface area (Å²) in [5, 5.41) is 5.48. The highest BCUT2D eigenvalue weighted by atomic mass is 32.1. The van der Waals surface area contributed by atoms with Crippen LogP contribution in [0, 0.1) is 6.92 Å². The van der Waals surface area contributed by atoms with E-state index in [0.29, 0.717) is 13.2 Å². The van der Waals surface area contributed by atoms with Gasteiger partial charge in [0.05, 0.1) is 0 Å². The largest absolute Gasteiger partial charge is 0.486 e. The molecule has 3 aromatic rings. The minimum absolute atomic E-state index is 0.508. The maximum atomic E-state index is 5.99. The molecule has 0 bridgehead atoms. The van der Waals surface area contributed by atoms with Gasteiger partial charge in [-0.2, -0.15) is 0 Å². The Balaban J connectivity index is 1.91. The molecule has 0 radical (unpaired) electrons. The lowest BCUT2D eigenvalue weighted by molar-refractivity contribution is 0.303. The molecule has 3 rings (SSSR count). The van der Waals surface area contributed by atoms with E-state index in [9.17, 15) is 0 Å². The van der Waals surface area contributed by atoms with Crippen LogP contribution in [0.5, 0.6) is 5.75 Å². The summed E-state index contributed by atoms with van der Waals surface area (Å²) in [6, 6.07) is 12.5. The Morgan fingerprint density at radius 1 is 1.19 bits per heavy atom. The number of aryl methyl sites for hydroxylation is 1. The van der Waals surface area contributed by atoms with Crippen molar-refractivity contribution in [3.63, 3.8) is 0 Å². The Labute approximate surface area is 128 Å². The number of hydrogen-bond acceptors (Lipinski definition) is 4. The van der Waals surface area contributed by atoms with Gasteiger partial charge in [-0.3, -0.25) is 0 Å². The summed E-state index contributed by atoms with van der Waals surface area (Å²) in [7, 11) is 0. The van der Waals surface area contributed by atoms with Gasteiger partial charge in [-0.25, -0.2) is 4.98 Å². The van der Waals surface area contributed by atoms with Gasteiger partial charge in [0.1, 0.15) is 17.4 Å². The Morgan fingerprint density at radius 2 is 2.05 bits per heavy atom. The Hall–Kier alpha value is -1.91. The lowest BCUT2D eigenvalue weighted by atomic mass is 10.0. The van der Waals surface area contributed by atoms with E-state index in [4.69, 9.17) is 10.5 Å². The topological polar surface area (TPSA) is 48.1 Å². The van der Waals surface area contributed by atoms with Crippen LogP contribution in [0.1, 0.15) is 16.3 Å². The Morgan fingerprint density at radius 3 is 2.81 bits per heavy atom. The van der Waals surface area contributed by atoms with E-state index in [1.165, 1.54) is 16.3 Å². The van der Waals surface area contributed by atoms with Gasteiger partial charge in [-0.15, -0.1) is 11.3 Å². The van der Waals surface area contributed by atoms with Crippen LogP contribution in [0.4, 0.5) is 0 Å². The fourth-order valence-electron chi connectivity index (χ4n) is 2.46. The SMILES string of the molecule is Cc1csc(COc2ccc3ccccc3c2CCN)n1. The minimum Gasteiger partial charge on any atom is -0.486 e. The molecule has 0 amide bonds. The quantitative estimate of drug-likeness (QED) is 0.781. The standard InChI is InChI=1S/C17H18N2OS/c1-12-11-21-17(19-12)10-20-16-7-6-13-4-2-3-5-14(13)15(16)8-9-18/h2-7,11H,8-10,18H2,1H3. The molecule has 21 heavy (non-hydrogen) atoms. The van der Waals surface area contributed by atoms with Crippen LogP contribution in [0.2, 0.25) is 0 Å². The lowest BCUT2D eigenvalue weighted by Gasteiger charge is -2.13. The lowest BCUT2D eigenvalue weighted by Crippen LogP contribution is -2.06. The van der Waals surface area contributed by atoms with Crippen molar-refractivity contribution in [1.29, 1.82) is 0 Å². The molecule has 2 N–H and O–H groups in total. The summed E-state index contributed by atoms with van der Waals surface area (Å²) in [6.07, 6.45) is 0.813. The van der Waals surface area contributed by atoms with Crippen LogP contribution < -0.4 is 10.5 Å². The van der Waals surface area contributed by atoms with Crippen LogP contribution in [0.3, 0.4) is 0 Å². The zero-order valence-corrected chi connectivity index (χ0v) is 12.8. The van der Waals surface area contributed by atoms with E-state index >= 15 is 0 Å². The number of rotatable bonds is 5. The highest BCUT2D eigenvalue weighted by Crippen LogP contribution is 2.29. The molecule has 0 atom stereocenters. The van der Waals surface area contributed by atoms with Gasteiger partial charge in [0.15, 0.2) is 0 Å². The van der Waals surface area contributed by atoms with Crippen LogP contribution in [-0.4, -0.2) is 11.5 Å². The normalized spacial score (nSPS) is 11.0. The number of thiazole rings is 1. The molecule has 1 aromatic heterocycles. The molecule has 0 aliphatic rings. The third-order valence-corrected chi connectivity index (χ3v) is 4.35. The second kappa shape index (κ2) is 6.24. The smallest absolute Gasteiger partial charge is 0.140 e. The van der Waals surface area contributed by atoms with Crippen molar-refractivity contribution in [2.75, 3.05) is 6.54 Å². The number of fused-ring (bicyclic) bond motifs is 1. The first-order valence-electron chi connectivity index (χ1n) is 7.02. The van der Waals surface area contributed by atoms with Gasteiger partial charge in [-0.1, -0.05) is 30.3 Å². The molecular weight excluding hydrogens is 280 g/mol. The molecule has 4 heteroatoms. The summed E-state index contributed by atoms with van der Waals surface area (Å²) < 4.78 is 5.99. The molecule has 0 spiro atoms. The Kier molecular flexibility index (Phi) is 4.18. The number of aromatic nitrogens is 1. The third-order valence-electron chi connectivity index (χ3n) is 3.41. The molecular formula is C17H18N2OS. The molecule has 3 nitrogen and oxygen atoms in total. The first-order chi connectivity index (χ1) is 10.3. The highest BCUT2D eigenvalue weighted by molar-refractivity contribution is 7.09. The second-order valence-corrected chi connectivity index (χ2v) is 5.92.